The first kappa shape index (κ1) is 27.1. The Morgan fingerprint density at radius 3 is 2.21 bits per heavy atom. The Morgan fingerprint density at radius 2 is 1.44 bits per heavy atom. The van der Waals surface area contributed by atoms with Gasteiger partial charge in [-0.15, -0.1) is 0 Å². The number of nitrogens with one attached hydrogen (secondary N) is 2. The highest BCUT2D eigenvalue weighted by molar-refractivity contribution is 6.05. The molecule has 3 N–H and O–H groups in total. The van der Waals surface area contributed by atoms with Crippen molar-refractivity contribution in [3.05, 3.63) is 119 Å². The van der Waals surface area contributed by atoms with Crippen LogP contribution < -0.4 is 10.6 Å². The summed E-state index contributed by atoms with van der Waals surface area (Å²) in [5.41, 5.74) is 4.31. The molecule has 39 heavy (non-hydrogen) atoms. The summed E-state index contributed by atoms with van der Waals surface area (Å²) in [5.74, 6) is -0.857. The number of benzene rings is 4. The molecule has 4 aromatic carbocycles. The maximum absolute atomic E-state index is 12.8. The first-order chi connectivity index (χ1) is 18.9. The van der Waals surface area contributed by atoms with E-state index < -0.39 is 5.97 Å². The molecule has 0 bridgehead atoms. The van der Waals surface area contributed by atoms with E-state index in [1.165, 1.54) is 6.07 Å². The van der Waals surface area contributed by atoms with E-state index in [1.54, 1.807) is 72.8 Å². The number of phenolic OH excluding ortho intramolecular Hbond substituents is 1. The van der Waals surface area contributed by atoms with Crippen molar-refractivity contribution in [1.29, 1.82) is 0 Å². The highest BCUT2D eigenvalue weighted by Crippen LogP contribution is 2.23. The van der Waals surface area contributed by atoms with Gasteiger partial charge in [0.15, 0.2) is 0 Å². The topological polar surface area (TPSA) is 105 Å². The number of hydrogen-bond acceptors (Lipinski definition) is 5. The second kappa shape index (κ2) is 13.1. The number of esters is 1. The van der Waals surface area contributed by atoms with Crippen LogP contribution in [-0.4, -0.2) is 29.5 Å². The molecule has 0 aliphatic carbocycles. The van der Waals surface area contributed by atoms with Crippen LogP contribution in [0.1, 0.15) is 56.4 Å². The number of carbonyl (C=O) groups excluding carboxylic acids is 3. The van der Waals surface area contributed by atoms with Crippen molar-refractivity contribution in [2.45, 2.75) is 26.3 Å². The molecule has 0 saturated carbocycles. The summed E-state index contributed by atoms with van der Waals surface area (Å²) in [6.07, 6.45) is 1.71. The predicted molar refractivity (Wildman–Crippen MR) is 151 cm³/mol. The first-order valence-corrected chi connectivity index (χ1v) is 12.8. The summed E-state index contributed by atoms with van der Waals surface area (Å²) in [5, 5.41) is 15.3. The fourth-order valence-corrected chi connectivity index (χ4v) is 3.92. The third-order valence-corrected chi connectivity index (χ3v) is 6.05. The molecule has 4 rings (SSSR count). The Labute approximate surface area is 227 Å². The lowest BCUT2D eigenvalue weighted by Crippen LogP contribution is -2.23. The first-order valence-electron chi connectivity index (χ1n) is 12.8. The van der Waals surface area contributed by atoms with E-state index in [0.29, 0.717) is 29.0 Å². The van der Waals surface area contributed by atoms with Crippen LogP contribution in [0.2, 0.25) is 0 Å². The summed E-state index contributed by atoms with van der Waals surface area (Å²) >= 11 is 0. The number of aromatic hydroxyl groups is 1. The lowest BCUT2D eigenvalue weighted by molar-refractivity contribution is 0.0499. The number of hydrogen-bond donors (Lipinski definition) is 3. The SMILES string of the molecule is CCCCOC(=O)c1cccc(C(=O)Nc2cccc(CNC(=O)c3cccc(-c4ccc(O)cc4)c3)c2)c1. The molecule has 0 fully saturated rings. The van der Waals surface area contributed by atoms with Crippen molar-refractivity contribution < 1.29 is 24.2 Å². The van der Waals surface area contributed by atoms with E-state index in [1.807, 2.05) is 25.1 Å². The molecule has 2 amide bonds. The van der Waals surface area contributed by atoms with Crippen LogP contribution in [-0.2, 0) is 11.3 Å². The van der Waals surface area contributed by atoms with E-state index in [4.69, 9.17) is 4.74 Å². The number of ether oxygens (including phenoxy) is 1. The molecule has 0 aliphatic rings. The van der Waals surface area contributed by atoms with Crippen LogP contribution in [0.3, 0.4) is 0 Å². The molecule has 0 radical (unpaired) electrons. The van der Waals surface area contributed by atoms with Gasteiger partial charge in [-0.25, -0.2) is 4.79 Å². The highest BCUT2D eigenvalue weighted by Gasteiger charge is 2.13. The summed E-state index contributed by atoms with van der Waals surface area (Å²) in [6.45, 7) is 2.63. The lowest BCUT2D eigenvalue weighted by atomic mass is 10.0. The zero-order chi connectivity index (χ0) is 27.6. The van der Waals surface area contributed by atoms with Gasteiger partial charge in [0.2, 0.25) is 0 Å². The van der Waals surface area contributed by atoms with Gasteiger partial charge >= 0.3 is 5.97 Å². The molecule has 0 unspecified atom stereocenters. The monoisotopic (exact) mass is 522 g/mol. The minimum absolute atomic E-state index is 0.182. The average molecular weight is 523 g/mol. The number of anilines is 1. The van der Waals surface area contributed by atoms with Crippen molar-refractivity contribution >= 4 is 23.5 Å². The van der Waals surface area contributed by atoms with Gasteiger partial charge in [0.05, 0.1) is 12.2 Å². The second-order valence-electron chi connectivity index (χ2n) is 9.04. The second-order valence-corrected chi connectivity index (χ2v) is 9.04. The predicted octanol–water partition coefficient (Wildman–Crippen LogP) is 6.20. The maximum Gasteiger partial charge on any atom is 0.338 e. The Morgan fingerprint density at radius 1 is 0.744 bits per heavy atom. The molecule has 0 aliphatic heterocycles. The van der Waals surface area contributed by atoms with Gasteiger partial charge in [0.1, 0.15) is 5.75 Å². The van der Waals surface area contributed by atoms with Crippen molar-refractivity contribution in [2.24, 2.45) is 0 Å². The minimum atomic E-state index is -0.454. The van der Waals surface area contributed by atoms with Crippen LogP contribution in [0.4, 0.5) is 5.69 Å². The summed E-state index contributed by atoms with van der Waals surface area (Å²) in [7, 11) is 0. The zero-order valence-corrected chi connectivity index (χ0v) is 21.6. The molecular weight excluding hydrogens is 492 g/mol. The van der Waals surface area contributed by atoms with Gasteiger partial charge in [0.25, 0.3) is 11.8 Å². The van der Waals surface area contributed by atoms with Crippen LogP contribution in [0.25, 0.3) is 11.1 Å². The van der Waals surface area contributed by atoms with E-state index in [0.717, 1.165) is 29.5 Å². The highest BCUT2D eigenvalue weighted by atomic mass is 16.5. The van der Waals surface area contributed by atoms with Crippen LogP contribution in [0.15, 0.2) is 97.1 Å². The van der Waals surface area contributed by atoms with Crippen LogP contribution >= 0.6 is 0 Å². The molecule has 198 valence electrons. The molecule has 7 nitrogen and oxygen atoms in total. The number of amides is 2. The standard InChI is InChI=1S/C32H30N2O5/c1-2-3-17-39-32(38)27-11-6-10-26(20-27)31(37)34-28-12-4-7-22(18-28)21-33-30(36)25-9-5-8-24(19-25)23-13-15-29(35)16-14-23/h4-16,18-20,35H,2-3,17,21H2,1H3,(H,33,36)(H,34,37). The summed E-state index contributed by atoms with van der Waals surface area (Å²) in [4.78, 5) is 37.9. The molecule has 7 heteroatoms. The third kappa shape index (κ3) is 7.55. The van der Waals surface area contributed by atoms with E-state index in [9.17, 15) is 19.5 Å². The van der Waals surface area contributed by atoms with Gasteiger partial charge in [-0.05, 0) is 77.7 Å². The fourth-order valence-electron chi connectivity index (χ4n) is 3.92. The number of rotatable bonds is 10. The van der Waals surface area contributed by atoms with Crippen LogP contribution in [0, 0.1) is 0 Å². The molecule has 0 heterocycles. The Kier molecular flexibility index (Phi) is 9.08. The largest absolute Gasteiger partial charge is 0.508 e. The van der Waals surface area contributed by atoms with Crippen molar-refractivity contribution in [3.8, 4) is 16.9 Å². The van der Waals surface area contributed by atoms with E-state index in [-0.39, 0.29) is 24.1 Å². The zero-order valence-electron chi connectivity index (χ0n) is 21.6. The quantitative estimate of drug-likeness (QED) is 0.170. The van der Waals surface area contributed by atoms with Gasteiger partial charge in [-0.2, -0.15) is 0 Å². The number of phenols is 1. The molecule has 4 aromatic rings. The van der Waals surface area contributed by atoms with Crippen molar-refractivity contribution in [2.75, 3.05) is 11.9 Å². The Balaban J connectivity index is 1.36. The molecular formula is C32H30N2O5. The molecule has 0 spiro atoms. The van der Waals surface area contributed by atoms with E-state index in [2.05, 4.69) is 10.6 Å². The smallest absolute Gasteiger partial charge is 0.338 e. The molecule has 0 aromatic heterocycles. The van der Waals surface area contributed by atoms with Gasteiger partial charge < -0.3 is 20.5 Å². The lowest BCUT2D eigenvalue weighted by Gasteiger charge is -2.10. The Bertz CT molecular complexity index is 1460. The number of carbonyl (C=O) groups is 3. The normalized spacial score (nSPS) is 10.5. The average Bonchev–Trinajstić information content (AvgIpc) is 2.96. The third-order valence-electron chi connectivity index (χ3n) is 6.05. The fraction of sp³-hybridized carbons (Fsp3) is 0.156. The molecule has 0 atom stereocenters. The van der Waals surface area contributed by atoms with Gasteiger partial charge in [0, 0.05) is 23.4 Å². The van der Waals surface area contributed by atoms with E-state index >= 15 is 0 Å². The van der Waals surface area contributed by atoms with Crippen molar-refractivity contribution in [1.82, 2.24) is 5.32 Å². The van der Waals surface area contributed by atoms with Gasteiger partial charge in [-0.3, -0.25) is 9.59 Å². The Hall–Kier alpha value is -4.91. The summed E-state index contributed by atoms with van der Waals surface area (Å²) in [6, 6.07) is 27.7. The maximum atomic E-state index is 12.8. The minimum Gasteiger partial charge on any atom is -0.508 e. The summed E-state index contributed by atoms with van der Waals surface area (Å²) < 4.78 is 5.23. The van der Waals surface area contributed by atoms with Gasteiger partial charge in [-0.1, -0.05) is 55.8 Å². The number of unbranched alkanes of at least 4 members (excludes halogenated alkanes) is 1. The molecule has 0 saturated heterocycles. The van der Waals surface area contributed by atoms with Crippen LogP contribution in [0.5, 0.6) is 5.75 Å². The van der Waals surface area contributed by atoms with Crippen molar-refractivity contribution in [3.63, 3.8) is 0 Å².